The van der Waals surface area contributed by atoms with E-state index >= 15 is 0 Å². The van der Waals surface area contributed by atoms with E-state index in [1.165, 1.54) is 0 Å². The quantitative estimate of drug-likeness (QED) is 0.787. The van der Waals surface area contributed by atoms with Gasteiger partial charge in [-0.15, -0.1) is 0 Å². The van der Waals surface area contributed by atoms with Crippen molar-refractivity contribution < 1.29 is 28.5 Å². The molecular weight excluding hydrogens is 336 g/mol. The number of rotatable bonds is 4. The van der Waals surface area contributed by atoms with Gasteiger partial charge in [0.05, 0.1) is 26.9 Å². The molecule has 1 atom stereocenters. The molecule has 4 rings (SSSR count). The molecule has 0 bridgehead atoms. The topological polar surface area (TPSA) is 63.2 Å². The van der Waals surface area contributed by atoms with Gasteiger partial charge in [0.25, 0.3) is 0 Å². The molecule has 0 spiro atoms. The Labute approximate surface area is 150 Å². The molecular formula is C20H18O6. The van der Waals surface area contributed by atoms with Crippen molar-refractivity contribution in [1.29, 1.82) is 0 Å². The van der Waals surface area contributed by atoms with Crippen LogP contribution >= 0.6 is 0 Å². The van der Waals surface area contributed by atoms with Crippen LogP contribution < -0.4 is 18.9 Å². The third-order valence-electron chi connectivity index (χ3n) is 4.62. The molecule has 2 aliphatic heterocycles. The molecule has 134 valence electrons. The first-order valence-electron chi connectivity index (χ1n) is 8.13. The summed E-state index contributed by atoms with van der Waals surface area (Å²) in [6.07, 6.45) is 0. The highest BCUT2D eigenvalue weighted by atomic mass is 16.6. The smallest absolute Gasteiger partial charge is 0.339 e. The predicted octanol–water partition coefficient (Wildman–Crippen LogP) is 3.05. The molecule has 0 aliphatic carbocycles. The van der Waals surface area contributed by atoms with Crippen molar-refractivity contribution >= 4 is 5.97 Å². The highest BCUT2D eigenvalue weighted by Gasteiger charge is 2.40. The molecule has 6 heteroatoms. The van der Waals surface area contributed by atoms with Gasteiger partial charge in [-0.3, -0.25) is 0 Å². The Morgan fingerprint density at radius 3 is 2.27 bits per heavy atom. The Bertz CT molecular complexity index is 892. The average Bonchev–Trinajstić information content (AvgIpc) is 3.05. The summed E-state index contributed by atoms with van der Waals surface area (Å²) < 4.78 is 27.2. The molecule has 0 aromatic heterocycles. The SMILES string of the molecule is COc1cc(OC)cc([C@@H]2C3=C(COC3=O)Oc3cc(OC)ccc32)c1. The molecule has 0 amide bonds. The Morgan fingerprint density at radius 1 is 0.923 bits per heavy atom. The maximum absolute atomic E-state index is 12.4. The standard InChI is InChI=1S/C20H18O6/c1-22-12-4-5-15-16(9-12)26-17-10-25-20(21)19(17)18(15)11-6-13(23-2)8-14(7-11)24-3/h4-9,18H,10H2,1-3H3/t18-/m0/s1. The fourth-order valence-corrected chi connectivity index (χ4v) is 3.36. The fraction of sp³-hybridized carbons (Fsp3) is 0.250. The van der Waals surface area contributed by atoms with Gasteiger partial charge in [-0.2, -0.15) is 0 Å². The number of carbonyl (C=O) groups excluding carboxylic acids is 1. The molecule has 0 fully saturated rings. The van der Waals surface area contributed by atoms with Crippen molar-refractivity contribution in [2.24, 2.45) is 0 Å². The fourth-order valence-electron chi connectivity index (χ4n) is 3.36. The van der Waals surface area contributed by atoms with Crippen molar-refractivity contribution in [2.75, 3.05) is 27.9 Å². The molecule has 0 saturated heterocycles. The van der Waals surface area contributed by atoms with Gasteiger partial charge in [-0.05, 0) is 23.8 Å². The van der Waals surface area contributed by atoms with Crippen LogP contribution in [0.1, 0.15) is 17.0 Å². The molecule has 2 aliphatic rings. The van der Waals surface area contributed by atoms with Crippen molar-refractivity contribution in [3.05, 3.63) is 58.9 Å². The summed E-state index contributed by atoms with van der Waals surface area (Å²) in [6, 6.07) is 11.1. The first-order valence-corrected chi connectivity index (χ1v) is 8.13. The lowest BCUT2D eigenvalue weighted by Crippen LogP contribution is -2.18. The molecule has 0 saturated carbocycles. The summed E-state index contributed by atoms with van der Waals surface area (Å²) in [5.74, 6) is 2.45. The first-order chi connectivity index (χ1) is 12.6. The molecule has 0 unspecified atom stereocenters. The summed E-state index contributed by atoms with van der Waals surface area (Å²) >= 11 is 0. The van der Waals surface area contributed by atoms with Crippen molar-refractivity contribution in [3.63, 3.8) is 0 Å². The second kappa shape index (κ2) is 6.29. The second-order valence-electron chi connectivity index (χ2n) is 6.00. The van der Waals surface area contributed by atoms with Crippen LogP contribution in [0.4, 0.5) is 0 Å². The van der Waals surface area contributed by atoms with Crippen molar-refractivity contribution in [1.82, 2.24) is 0 Å². The van der Waals surface area contributed by atoms with Crippen LogP contribution in [-0.2, 0) is 9.53 Å². The number of cyclic esters (lactones) is 1. The molecule has 2 aromatic rings. The zero-order valence-electron chi connectivity index (χ0n) is 14.7. The van der Waals surface area contributed by atoms with Crippen LogP contribution in [-0.4, -0.2) is 33.9 Å². The lowest BCUT2D eigenvalue weighted by atomic mass is 9.82. The number of hydrogen-bond donors (Lipinski definition) is 0. The van der Waals surface area contributed by atoms with E-state index < -0.39 is 0 Å². The number of esters is 1. The zero-order valence-corrected chi connectivity index (χ0v) is 14.7. The Kier molecular flexibility index (Phi) is 3.95. The number of methoxy groups -OCH3 is 3. The molecule has 2 heterocycles. The zero-order chi connectivity index (χ0) is 18.3. The minimum absolute atomic E-state index is 0.127. The second-order valence-corrected chi connectivity index (χ2v) is 6.00. The summed E-state index contributed by atoms with van der Waals surface area (Å²) in [4.78, 5) is 12.4. The number of hydrogen-bond acceptors (Lipinski definition) is 6. The highest BCUT2D eigenvalue weighted by Crippen LogP contribution is 2.47. The minimum Gasteiger partial charge on any atom is -0.497 e. The molecule has 0 N–H and O–H groups in total. The van der Waals surface area contributed by atoms with E-state index in [4.69, 9.17) is 23.7 Å². The predicted molar refractivity (Wildman–Crippen MR) is 93.0 cm³/mol. The Hall–Kier alpha value is -3.15. The number of ether oxygens (including phenoxy) is 5. The van der Waals surface area contributed by atoms with E-state index in [1.807, 2.05) is 30.3 Å². The largest absolute Gasteiger partial charge is 0.497 e. The summed E-state index contributed by atoms with van der Waals surface area (Å²) in [5.41, 5.74) is 2.24. The number of benzene rings is 2. The van der Waals surface area contributed by atoms with E-state index in [0.29, 0.717) is 34.3 Å². The molecule has 2 aromatic carbocycles. The summed E-state index contributed by atoms with van der Waals surface area (Å²) in [6.45, 7) is 0.127. The Balaban J connectivity index is 1.92. The lowest BCUT2D eigenvalue weighted by Gasteiger charge is -2.26. The lowest BCUT2D eigenvalue weighted by molar-refractivity contribution is -0.136. The van der Waals surface area contributed by atoms with Crippen LogP contribution in [0, 0.1) is 0 Å². The molecule has 26 heavy (non-hydrogen) atoms. The third kappa shape index (κ3) is 2.54. The monoisotopic (exact) mass is 354 g/mol. The first kappa shape index (κ1) is 16.3. The minimum atomic E-state index is -0.367. The van der Waals surface area contributed by atoms with Gasteiger partial charge >= 0.3 is 5.97 Å². The van der Waals surface area contributed by atoms with E-state index in [2.05, 4.69) is 0 Å². The van der Waals surface area contributed by atoms with E-state index in [1.54, 1.807) is 27.4 Å². The van der Waals surface area contributed by atoms with Crippen LogP contribution in [0.5, 0.6) is 23.0 Å². The van der Waals surface area contributed by atoms with Gasteiger partial charge in [0, 0.05) is 23.6 Å². The van der Waals surface area contributed by atoms with Crippen LogP contribution in [0.3, 0.4) is 0 Å². The van der Waals surface area contributed by atoms with E-state index in [0.717, 1.165) is 11.1 Å². The summed E-state index contributed by atoms with van der Waals surface area (Å²) in [5, 5.41) is 0. The van der Waals surface area contributed by atoms with Gasteiger partial charge in [0.1, 0.15) is 29.6 Å². The van der Waals surface area contributed by atoms with Crippen LogP contribution in [0.25, 0.3) is 0 Å². The normalized spacial score (nSPS) is 17.8. The van der Waals surface area contributed by atoms with Gasteiger partial charge in [0.2, 0.25) is 0 Å². The molecule has 0 radical (unpaired) electrons. The number of carbonyl (C=O) groups is 1. The maximum Gasteiger partial charge on any atom is 0.339 e. The number of fused-ring (bicyclic) bond motifs is 1. The average molecular weight is 354 g/mol. The molecule has 6 nitrogen and oxygen atoms in total. The summed E-state index contributed by atoms with van der Waals surface area (Å²) in [7, 11) is 4.79. The van der Waals surface area contributed by atoms with E-state index in [9.17, 15) is 4.79 Å². The van der Waals surface area contributed by atoms with Gasteiger partial charge in [0.15, 0.2) is 5.76 Å². The van der Waals surface area contributed by atoms with Gasteiger partial charge in [-0.1, -0.05) is 6.07 Å². The Morgan fingerprint density at radius 2 is 1.62 bits per heavy atom. The van der Waals surface area contributed by atoms with Crippen LogP contribution in [0.2, 0.25) is 0 Å². The van der Waals surface area contributed by atoms with Gasteiger partial charge < -0.3 is 23.7 Å². The van der Waals surface area contributed by atoms with E-state index in [-0.39, 0.29) is 18.5 Å². The third-order valence-corrected chi connectivity index (χ3v) is 4.62. The van der Waals surface area contributed by atoms with Gasteiger partial charge in [-0.25, -0.2) is 4.79 Å². The maximum atomic E-state index is 12.4. The highest BCUT2D eigenvalue weighted by molar-refractivity contribution is 5.95. The van der Waals surface area contributed by atoms with Crippen molar-refractivity contribution in [3.8, 4) is 23.0 Å². The van der Waals surface area contributed by atoms with Crippen molar-refractivity contribution in [2.45, 2.75) is 5.92 Å². The van der Waals surface area contributed by atoms with Crippen LogP contribution in [0.15, 0.2) is 47.7 Å².